The number of unbranched alkanes of at least 4 members (excludes halogenated alkanes) is 7. The molecule has 0 saturated carbocycles. The normalized spacial score (nSPS) is 11.6. The number of carbonyl (C=O) groups is 3. The summed E-state index contributed by atoms with van der Waals surface area (Å²) in [7, 11) is 3.68. The lowest BCUT2D eigenvalue weighted by Crippen LogP contribution is -2.34. The first-order valence-electron chi connectivity index (χ1n) is 11.7. The molecule has 174 valence electrons. The van der Waals surface area contributed by atoms with Crippen LogP contribution in [0.15, 0.2) is 18.2 Å². The Bertz CT molecular complexity index is 651. The lowest BCUT2D eigenvalue weighted by Gasteiger charge is -2.30. The average molecular weight is 432 g/mol. The maximum absolute atomic E-state index is 11.5. The number of anilines is 2. The van der Waals surface area contributed by atoms with Crippen molar-refractivity contribution >= 4 is 30.5 Å². The zero-order valence-electron chi connectivity index (χ0n) is 19.6. The molecule has 0 fully saturated rings. The van der Waals surface area contributed by atoms with Gasteiger partial charge >= 0.3 is 0 Å². The minimum absolute atomic E-state index is 0.184. The highest BCUT2D eigenvalue weighted by atomic mass is 16.1. The second-order valence-electron chi connectivity index (χ2n) is 8.29. The monoisotopic (exact) mass is 431 g/mol. The fourth-order valence-electron chi connectivity index (χ4n) is 3.87. The topological polar surface area (TPSA) is 69.7 Å². The lowest BCUT2D eigenvalue weighted by molar-refractivity contribution is -0.110. The van der Waals surface area contributed by atoms with Gasteiger partial charge in [-0.1, -0.05) is 57.9 Å². The number of rotatable bonds is 19. The summed E-state index contributed by atoms with van der Waals surface area (Å²) in [6.07, 6.45) is 14.9. The molecule has 0 aliphatic heterocycles. The number of hydrogen-bond donors (Lipinski definition) is 1. The third-order valence-electron chi connectivity index (χ3n) is 5.82. The van der Waals surface area contributed by atoms with Gasteiger partial charge in [0.05, 0.1) is 17.4 Å². The molecular formula is C25H41N3O3. The molecule has 1 aromatic rings. The number of aldehydes is 1. The molecule has 2 amide bonds. The summed E-state index contributed by atoms with van der Waals surface area (Å²) in [6, 6.07) is 6.06. The summed E-state index contributed by atoms with van der Waals surface area (Å²) in [6.45, 7) is 2.85. The highest BCUT2D eigenvalue weighted by Crippen LogP contribution is 2.31. The van der Waals surface area contributed by atoms with Crippen molar-refractivity contribution in [1.29, 1.82) is 0 Å². The van der Waals surface area contributed by atoms with E-state index in [1.54, 1.807) is 11.9 Å². The molecule has 6 nitrogen and oxygen atoms in total. The number of amides is 2. The Morgan fingerprint density at radius 3 is 2.13 bits per heavy atom. The number of benzene rings is 1. The molecule has 0 radical (unpaired) electrons. The first-order chi connectivity index (χ1) is 15.1. The van der Waals surface area contributed by atoms with E-state index in [0.29, 0.717) is 0 Å². The molecular weight excluding hydrogens is 390 g/mol. The maximum Gasteiger partial charge on any atom is 0.213 e. The van der Waals surface area contributed by atoms with Crippen molar-refractivity contribution in [2.75, 3.05) is 30.4 Å². The van der Waals surface area contributed by atoms with Crippen LogP contribution < -0.4 is 15.1 Å². The Kier molecular flexibility index (Phi) is 14.1. The van der Waals surface area contributed by atoms with Crippen LogP contribution in [0, 0.1) is 0 Å². The van der Waals surface area contributed by atoms with E-state index in [1.165, 1.54) is 44.1 Å². The van der Waals surface area contributed by atoms with E-state index in [0.717, 1.165) is 69.1 Å². The first kappa shape index (κ1) is 26.7. The molecule has 1 aromatic carbocycles. The van der Waals surface area contributed by atoms with Gasteiger partial charge in [-0.15, -0.1) is 0 Å². The van der Waals surface area contributed by atoms with Crippen LogP contribution in [0.3, 0.4) is 0 Å². The number of hydrogen-bond acceptors (Lipinski definition) is 4. The minimum Gasteiger partial charge on any atom is -0.363 e. The Morgan fingerprint density at radius 1 is 0.903 bits per heavy atom. The van der Waals surface area contributed by atoms with Crippen LogP contribution in [0.5, 0.6) is 0 Å². The van der Waals surface area contributed by atoms with Crippen LogP contribution in [0.25, 0.3) is 0 Å². The summed E-state index contributed by atoms with van der Waals surface area (Å²) in [5, 5.41) is 2.70. The molecule has 1 atom stereocenters. The van der Waals surface area contributed by atoms with Gasteiger partial charge in [0.15, 0.2) is 0 Å². The van der Waals surface area contributed by atoms with Gasteiger partial charge in [-0.25, -0.2) is 0 Å². The SMILES string of the molecule is CCCC(C=O)N(C)c1ccc(CCCCCCCCCCNC=O)cc1N(C)C=O. The highest BCUT2D eigenvalue weighted by Gasteiger charge is 2.18. The van der Waals surface area contributed by atoms with Crippen molar-refractivity contribution in [2.24, 2.45) is 0 Å². The predicted molar refractivity (Wildman–Crippen MR) is 129 cm³/mol. The maximum atomic E-state index is 11.5. The van der Waals surface area contributed by atoms with Gasteiger partial charge < -0.3 is 19.9 Å². The second kappa shape index (κ2) is 16.3. The smallest absolute Gasteiger partial charge is 0.213 e. The highest BCUT2D eigenvalue weighted by molar-refractivity contribution is 5.85. The van der Waals surface area contributed by atoms with Gasteiger partial charge in [-0.2, -0.15) is 0 Å². The summed E-state index contributed by atoms with van der Waals surface area (Å²) < 4.78 is 0. The Balaban J connectivity index is 2.50. The number of carbonyl (C=O) groups excluding carboxylic acids is 3. The average Bonchev–Trinajstić information content (AvgIpc) is 2.79. The molecule has 0 heterocycles. The van der Waals surface area contributed by atoms with Crippen molar-refractivity contribution in [3.8, 4) is 0 Å². The standard InChI is InChI=1S/C25H41N3O3/c1-4-13-23(19-29)28(3)24-16-15-22(18-25(24)27(2)21-31)14-11-9-7-5-6-8-10-12-17-26-20-30/h15-16,18-21,23H,4-14,17H2,1-3H3,(H,26,30). The fourth-order valence-corrected chi connectivity index (χ4v) is 3.87. The summed E-state index contributed by atoms with van der Waals surface area (Å²) in [4.78, 5) is 36.7. The molecule has 31 heavy (non-hydrogen) atoms. The fraction of sp³-hybridized carbons (Fsp3) is 0.640. The van der Waals surface area contributed by atoms with Crippen LogP contribution in [0.1, 0.15) is 76.7 Å². The van der Waals surface area contributed by atoms with Crippen LogP contribution in [0.4, 0.5) is 11.4 Å². The van der Waals surface area contributed by atoms with E-state index in [1.807, 2.05) is 18.0 Å². The van der Waals surface area contributed by atoms with E-state index in [4.69, 9.17) is 0 Å². The van der Waals surface area contributed by atoms with E-state index >= 15 is 0 Å². The zero-order chi connectivity index (χ0) is 22.9. The summed E-state index contributed by atoms with van der Waals surface area (Å²) >= 11 is 0. The van der Waals surface area contributed by atoms with E-state index < -0.39 is 0 Å². The van der Waals surface area contributed by atoms with Crippen LogP contribution in [0.2, 0.25) is 0 Å². The van der Waals surface area contributed by atoms with E-state index in [2.05, 4.69) is 24.4 Å². The number of nitrogens with zero attached hydrogens (tertiary/aromatic N) is 2. The molecule has 1 rings (SSSR count). The van der Waals surface area contributed by atoms with Gasteiger partial charge in [-0.3, -0.25) is 9.59 Å². The van der Waals surface area contributed by atoms with Crippen LogP contribution >= 0.6 is 0 Å². The lowest BCUT2D eigenvalue weighted by atomic mass is 10.0. The third kappa shape index (κ3) is 9.99. The van der Waals surface area contributed by atoms with Crippen molar-refractivity contribution < 1.29 is 14.4 Å². The van der Waals surface area contributed by atoms with Gasteiger partial charge in [0.2, 0.25) is 12.8 Å². The van der Waals surface area contributed by atoms with Gasteiger partial charge in [0, 0.05) is 20.6 Å². The quantitative estimate of drug-likeness (QED) is 0.259. The van der Waals surface area contributed by atoms with Crippen molar-refractivity contribution in [2.45, 2.75) is 83.6 Å². The summed E-state index contributed by atoms with van der Waals surface area (Å²) in [5.41, 5.74) is 2.98. The van der Waals surface area contributed by atoms with Crippen LogP contribution in [-0.4, -0.2) is 45.8 Å². The molecule has 0 bridgehead atoms. The minimum atomic E-state index is -0.184. The van der Waals surface area contributed by atoms with E-state index in [9.17, 15) is 14.4 Å². The van der Waals surface area contributed by atoms with Crippen molar-refractivity contribution in [3.63, 3.8) is 0 Å². The number of aryl methyl sites for hydroxylation is 1. The molecule has 0 spiro atoms. The van der Waals surface area contributed by atoms with Crippen molar-refractivity contribution in [1.82, 2.24) is 5.32 Å². The van der Waals surface area contributed by atoms with Crippen LogP contribution in [-0.2, 0) is 20.8 Å². The molecule has 1 unspecified atom stereocenters. The molecule has 0 saturated heterocycles. The van der Waals surface area contributed by atoms with Gasteiger partial charge in [-0.05, 0) is 43.4 Å². The third-order valence-corrected chi connectivity index (χ3v) is 5.82. The Hall–Kier alpha value is -2.37. The van der Waals surface area contributed by atoms with Gasteiger partial charge in [0.25, 0.3) is 0 Å². The largest absolute Gasteiger partial charge is 0.363 e. The molecule has 0 aliphatic carbocycles. The number of nitrogens with one attached hydrogen (secondary N) is 1. The zero-order valence-corrected chi connectivity index (χ0v) is 19.6. The number of likely N-dealkylation sites (N-methyl/N-ethyl adjacent to an activating group) is 1. The molecule has 1 N–H and O–H groups in total. The Morgan fingerprint density at radius 2 is 1.55 bits per heavy atom. The predicted octanol–water partition coefficient (Wildman–Crippen LogP) is 4.49. The summed E-state index contributed by atoms with van der Waals surface area (Å²) in [5.74, 6) is 0. The second-order valence-corrected chi connectivity index (χ2v) is 8.29. The Labute approximate surface area is 188 Å². The first-order valence-corrected chi connectivity index (χ1v) is 11.7. The molecule has 6 heteroatoms. The molecule has 0 aromatic heterocycles. The van der Waals surface area contributed by atoms with Gasteiger partial charge in [0.1, 0.15) is 6.29 Å². The molecule has 0 aliphatic rings. The van der Waals surface area contributed by atoms with Crippen molar-refractivity contribution in [3.05, 3.63) is 23.8 Å². The van der Waals surface area contributed by atoms with E-state index in [-0.39, 0.29) is 6.04 Å².